The molecule has 15 nitrogen and oxygen atoms in total. The lowest BCUT2D eigenvalue weighted by molar-refractivity contribution is -0.377. The molecule has 35 heavy (non-hydrogen) atoms. The second kappa shape index (κ2) is 12.5. The quantitative estimate of drug-likeness (QED) is 0.188. The van der Waals surface area contributed by atoms with E-state index in [1.807, 2.05) is 0 Å². The second-order valence-electron chi connectivity index (χ2n) is 7.90. The first-order valence-corrected chi connectivity index (χ1v) is 10.6. The summed E-state index contributed by atoms with van der Waals surface area (Å²) < 4.78 is 37.2. The Bertz CT molecular complexity index is 770. The topological polar surface area (TPSA) is 214 Å². The first-order valence-electron chi connectivity index (χ1n) is 10.6. The highest BCUT2D eigenvalue weighted by Gasteiger charge is 2.55. The number of carbonyl (C=O) groups is 4. The van der Waals surface area contributed by atoms with E-state index in [1.54, 1.807) is 0 Å². The lowest BCUT2D eigenvalue weighted by Crippen LogP contribution is -2.65. The number of ether oxygens (including phenoxy) is 7. The van der Waals surface area contributed by atoms with Gasteiger partial charge in [0.1, 0.15) is 37.1 Å². The summed E-state index contributed by atoms with van der Waals surface area (Å²) in [7, 11) is 0. The molecule has 0 saturated carbocycles. The number of carbonyl (C=O) groups excluding carboxylic acids is 4. The maximum Gasteiger partial charge on any atom is 0.303 e. The van der Waals surface area contributed by atoms with Gasteiger partial charge in [-0.05, 0) is 0 Å². The molecular formula is C20H30O15. The van der Waals surface area contributed by atoms with Crippen LogP contribution in [-0.2, 0) is 52.3 Å². The summed E-state index contributed by atoms with van der Waals surface area (Å²) in [6, 6.07) is 0. The molecule has 0 aliphatic carbocycles. The highest BCUT2D eigenvalue weighted by atomic mass is 16.8. The fourth-order valence-corrected chi connectivity index (χ4v) is 3.61. The molecule has 2 aliphatic rings. The van der Waals surface area contributed by atoms with Gasteiger partial charge in [-0.25, -0.2) is 0 Å². The predicted octanol–water partition coefficient (Wildman–Crippen LogP) is -3.11. The normalized spacial score (nSPS) is 37.1. The summed E-state index contributed by atoms with van der Waals surface area (Å²) in [5.74, 6) is -3.27. The average Bonchev–Trinajstić information content (AvgIpc) is 2.75. The van der Waals surface area contributed by atoms with E-state index in [1.165, 1.54) is 0 Å². The Morgan fingerprint density at radius 3 is 1.69 bits per heavy atom. The number of esters is 4. The largest absolute Gasteiger partial charge is 0.463 e. The van der Waals surface area contributed by atoms with Crippen molar-refractivity contribution in [3.8, 4) is 0 Å². The minimum Gasteiger partial charge on any atom is -0.463 e. The van der Waals surface area contributed by atoms with Crippen LogP contribution < -0.4 is 0 Å². The van der Waals surface area contributed by atoms with Crippen molar-refractivity contribution < 1.29 is 72.8 Å². The van der Waals surface area contributed by atoms with Crippen molar-refractivity contribution in [1.82, 2.24) is 0 Å². The van der Waals surface area contributed by atoms with Gasteiger partial charge >= 0.3 is 23.9 Å². The molecule has 2 saturated heterocycles. The summed E-state index contributed by atoms with van der Waals surface area (Å²) in [4.78, 5) is 46.8. The molecule has 4 N–H and O–H groups in total. The Balaban J connectivity index is 2.43. The van der Waals surface area contributed by atoms with E-state index in [0.717, 1.165) is 27.7 Å². The zero-order valence-corrected chi connectivity index (χ0v) is 19.5. The summed E-state index contributed by atoms with van der Waals surface area (Å²) in [6.45, 7) is 2.98. The van der Waals surface area contributed by atoms with Gasteiger partial charge in [-0.1, -0.05) is 0 Å². The Hall–Kier alpha value is -2.40. The molecular weight excluding hydrogens is 480 g/mol. The minimum atomic E-state index is -1.85. The van der Waals surface area contributed by atoms with Gasteiger partial charge < -0.3 is 53.6 Å². The van der Waals surface area contributed by atoms with E-state index < -0.39 is 98.5 Å². The van der Waals surface area contributed by atoms with Crippen LogP contribution in [0.3, 0.4) is 0 Å². The highest BCUT2D eigenvalue weighted by Crippen LogP contribution is 2.32. The summed E-state index contributed by atoms with van der Waals surface area (Å²) in [6.07, 6.45) is -15.9. The average molecular weight is 510 g/mol. The molecule has 2 rings (SSSR count). The molecule has 0 aromatic heterocycles. The molecule has 2 aliphatic heterocycles. The van der Waals surface area contributed by atoms with Crippen molar-refractivity contribution >= 4 is 23.9 Å². The molecule has 0 aromatic rings. The van der Waals surface area contributed by atoms with Crippen LogP contribution in [0.2, 0.25) is 0 Å². The monoisotopic (exact) mass is 510 g/mol. The Morgan fingerprint density at radius 2 is 1.17 bits per heavy atom. The van der Waals surface area contributed by atoms with Gasteiger partial charge in [0.05, 0.1) is 6.61 Å². The third kappa shape index (κ3) is 7.54. The van der Waals surface area contributed by atoms with Crippen LogP contribution in [0.25, 0.3) is 0 Å². The van der Waals surface area contributed by atoms with E-state index >= 15 is 0 Å². The number of aliphatic hydroxyl groups excluding tert-OH is 4. The van der Waals surface area contributed by atoms with Crippen LogP contribution >= 0.6 is 0 Å². The van der Waals surface area contributed by atoms with Gasteiger partial charge in [0.15, 0.2) is 24.6 Å². The lowest BCUT2D eigenvalue weighted by Gasteiger charge is -2.46. The van der Waals surface area contributed by atoms with Crippen LogP contribution in [0.1, 0.15) is 27.7 Å². The van der Waals surface area contributed by atoms with Crippen molar-refractivity contribution in [2.24, 2.45) is 0 Å². The fraction of sp³-hybridized carbons (Fsp3) is 0.800. The molecule has 0 radical (unpaired) electrons. The van der Waals surface area contributed by atoms with Crippen LogP contribution in [-0.4, -0.2) is 119 Å². The van der Waals surface area contributed by atoms with Crippen LogP contribution in [0.4, 0.5) is 0 Å². The van der Waals surface area contributed by atoms with Crippen LogP contribution in [0, 0.1) is 0 Å². The first-order chi connectivity index (χ1) is 16.3. The van der Waals surface area contributed by atoms with E-state index in [-0.39, 0.29) is 0 Å². The number of rotatable bonds is 8. The number of hydrogen-bond acceptors (Lipinski definition) is 15. The number of hydrogen-bond donors (Lipinski definition) is 4. The molecule has 15 heteroatoms. The third-order valence-corrected chi connectivity index (χ3v) is 5.06. The minimum absolute atomic E-state index is 0.508. The molecule has 2 heterocycles. The van der Waals surface area contributed by atoms with Crippen molar-refractivity contribution in [2.75, 3.05) is 13.2 Å². The SMILES string of the molecule is CC(=O)OC[C@@H]1O[C@@H](OC2O[C@H](CO)[C@@H](O)[C@H](O)[C@H]2O)[C@H](OC(C)=O)[C@@H](OC(C)=O)[C@@H]1OC(C)=O. The van der Waals surface area contributed by atoms with Crippen molar-refractivity contribution in [1.29, 1.82) is 0 Å². The van der Waals surface area contributed by atoms with E-state index in [0.29, 0.717) is 0 Å². The van der Waals surface area contributed by atoms with Crippen molar-refractivity contribution in [2.45, 2.75) is 89.1 Å². The summed E-state index contributed by atoms with van der Waals surface area (Å²) in [5, 5.41) is 39.7. The first kappa shape index (κ1) is 28.8. The standard InChI is InChI=1S/C20H30O15/c1-7(22)29-6-12-16(30-8(2)23)17(31-9(3)24)18(32-10(4)25)20(34-12)35-19-15(28)14(27)13(26)11(5-21)33-19/h11-21,26-28H,5-6H2,1-4H3/t11-,12+,13-,14+,15-,16-,17+,18-,19?,20+/m1/s1. The Kier molecular flexibility index (Phi) is 10.3. The van der Waals surface area contributed by atoms with Gasteiger partial charge in [-0.3, -0.25) is 19.2 Å². The van der Waals surface area contributed by atoms with Gasteiger partial charge in [-0.2, -0.15) is 0 Å². The number of aliphatic hydroxyl groups is 4. The zero-order valence-electron chi connectivity index (χ0n) is 19.5. The Labute approximate surface area is 199 Å². The molecule has 0 aromatic carbocycles. The summed E-state index contributed by atoms with van der Waals surface area (Å²) in [5.41, 5.74) is 0. The smallest absolute Gasteiger partial charge is 0.303 e. The molecule has 0 bridgehead atoms. The summed E-state index contributed by atoms with van der Waals surface area (Å²) >= 11 is 0. The molecule has 1 unspecified atom stereocenters. The van der Waals surface area contributed by atoms with Gasteiger partial charge in [0.2, 0.25) is 6.29 Å². The van der Waals surface area contributed by atoms with Crippen LogP contribution in [0.5, 0.6) is 0 Å². The van der Waals surface area contributed by atoms with Gasteiger partial charge in [0, 0.05) is 27.7 Å². The fourth-order valence-electron chi connectivity index (χ4n) is 3.61. The maximum absolute atomic E-state index is 11.8. The lowest BCUT2D eigenvalue weighted by atomic mass is 9.97. The van der Waals surface area contributed by atoms with E-state index in [9.17, 15) is 39.6 Å². The zero-order chi connectivity index (χ0) is 26.4. The highest BCUT2D eigenvalue weighted by molar-refractivity contribution is 5.68. The van der Waals surface area contributed by atoms with Crippen molar-refractivity contribution in [3.63, 3.8) is 0 Å². The third-order valence-electron chi connectivity index (χ3n) is 5.06. The Morgan fingerprint density at radius 1 is 0.657 bits per heavy atom. The predicted molar refractivity (Wildman–Crippen MR) is 107 cm³/mol. The second-order valence-corrected chi connectivity index (χ2v) is 7.90. The molecule has 0 amide bonds. The van der Waals surface area contributed by atoms with Crippen molar-refractivity contribution in [3.05, 3.63) is 0 Å². The van der Waals surface area contributed by atoms with E-state index in [2.05, 4.69) is 0 Å². The van der Waals surface area contributed by atoms with Gasteiger partial charge in [0.25, 0.3) is 0 Å². The van der Waals surface area contributed by atoms with E-state index in [4.69, 9.17) is 33.2 Å². The molecule has 2 fully saturated rings. The van der Waals surface area contributed by atoms with Gasteiger partial charge in [-0.15, -0.1) is 0 Å². The molecule has 10 atom stereocenters. The maximum atomic E-state index is 11.8. The van der Waals surface area contributed by atoms with Crippen LogP contribution in [0.15, 0.2) is 0 Å². The molecule has 0 spiro atoms. The molecule has 200 valence electrons.